The van der Waals surface area contributed by atoms with Crippen molar-refractivity contribution in [2.24, 2.45) is 4.99 Å². The van der Waals surface area contributed by atoms with Crippen molar-refractivity contribution in [1.82, 2.24) is 4.48 Å². The third-order valence-electron chi connectivity index (χ3n) is 7.83. The van der Waals surface area contributed by atoms with Gasteiger partial charge in [-0.1, -0.05) is 84.6 Å². The summed E-state index contributed by atoms with van der Waals surface area (Å²) in [4.78, 5) is 8.26. The summed E-state index contributed by atoms with van der Waals surface area (Å²) < 4.78 is 0.740. The number of rotatable bonds is 1. The number of aliphatic imine (C=N–C) groups is 1. The third kappa shape index (κ3) is 2.04. The van der Waals surface area contributed by atoms with Crippen molar-refractivity contribution in [3.8, 4) is 0 Å². The minimum Gasteiger partial charge on any atom is -0.256 e. The quantitative estimate of drug-likeness (QED) is 0.298. The molecule has 3 aliphatic rings. The molecule has 0 bridgehead atoms. The maximum atomic E-state index is 5.53. The van der Waals surface area contributed by atoms with Gasteiger partial charge in [-0.15, -0.1) is 0 Å². The molecule has 0 aromatic heterocycles. The summed E-state index contributed by atoms with van der Waals surface area (Å²) >= 11 is 1.90. The Labute approximate surface area is 192 Å². The van der Waals surface area contributed by atoms with Gasteiger partial charge in [0, 0.05) is 39.0 Å². The Balaban J connectivity index is 1.61. The van der Waals surface area contributed by atoms with E-state index in [4.69, 9.17) is 4.99 Å². The molecule has 0 fully saturated rings. The molecule has 7 rings (SSSR count). The van der Waals surface area contributed by atoms with Crippen molar-refractivity contribution in [1.29, 1.82) is 0 Å². The largest absolute Gasteiger partial charge is 0.256 e. The van der Waals surface area contributed by atoms with E-state index in [-0.39, 0.29) is 11.7 Å². The molecule has 0 saturated carbocycles. The first-order chi connectivity index (χ1) is 15.6. The number of benzene rings is 4. The van der Waals surface area contributed by atoms with Crippen LogP contribution in [0.25, 0.3) is 0 Å². The van der Waals surface area contributed by atoms with Gasteiger partial charge in [-0.05, 0) is 24.3 Å². The molecule has 3 unspecified atom stereocenters. The molecule has 4 aromatic carbocycles. The number of nitrogens with zero attached hydrogens (tertiary/aromatic N) is 2. The minimum atomic E-state index is -0.208. The molecule has 0 radical (unpaired) electrons. The van der Waals surface area contributed by atoms with Crippen molar-refractivity contribution in [2.45, 2.75) is 28.4 Å². The second-order valence-electron chi connectivity index (χ2n) is 9.20. The summed E-state index contributed by atoms with van der Waals surface area (Å²) in [6.45, 7) is 2.44. The molecule has 3 heteroatoms. The summed E-state index contributed by atoms with van der Waals surface area (Å²) in [6.07, 6.45) is 0.0202. The van der Waals surface area contributed by atoms with Crippen LogP contribution in [0.15, 0.2) is 112 Å². The van der Waals surface area contributed by atoms with Gasteiger partial charge in [-0.3, -0.25) is 4.48 Å². The number of hydrogen-bond donors (Lipinski definition) is 0. The Hall–Kier alpha value is -3.14. The van der Waals surface area contributed by atoms with Crippen LogP contribution in [0, 0.1) is 0 Å². The van der Waals surface area contributed by atoms with Crippen LogP contribution >= 0.6 is 11.8 Å². The predicted molar refractivity (Wildman–Crippen MR) is 132 cm³/mol. The summed E-state index contributed by atoms with van der Waals surface area (Å²) in [5.74, 6) is 0. The molecule has 3 aliphatic heterocycles. The van der Waals surface area contributed by atoms with Crippen LogP contribution in [-0.4, -0.2) is 12.8 Å². The fourth-order valence-electron chi connectivity index (χ4n) is 6.24. The van der Waals surface area contributed by atoms with Crippen molar-refractivity contribution in [3.05, 3.63) is 125 Å². The smallest absolute Gasteiger partial charge is 0.215 e. The van der Waals surface area contributed by atoms with Crippen molar-refractivity contribution in [3.63, 3.8) is 0 Å². The maximum absolute atomic E-state index is 5.53. The lowest BCUT2D eigenvalue weighted by Crippen LogP contribution is -2.59. The molecule has 4 aromatic rings. The van der Waals surface area contributed by atoms with E-state index in [1.807, 2.05) is 11.8 Å². The number of para-hydroxylation sites is 1. The molecular formula is C29H23N2S+. The van der Waals surface area contributed by atoms with Crippen LogP contribution in [0.2, 0.25) is 0 Å². The molecule has 3 atom stereocenters. The van der Waals surface area contributed by atoms with Crippen LogP contribution in [0.3, 0.4) is 0 Å². The third-order valence-corrected chi connectivity index (χ3v) is 8.97. The molecule has 0 saturated heterocycles. The van der Waals surface area contributed by atoms with Crippen molar-refractivity contribution >= 4 is 23.2 Å². The molecule has 154 valence electrons. The van der Waals surface area contributed by atoms with Gasteiger partial charge in [0.1, 0.15) is 5.69 Å². The topological polar surface area (TPSA) is 12.4 Å². The molecule has 0 N–H and O–H groups in total. The zero-order valence-corrected chi connectivity index (χ0v) is 18.9. The van der Waals surface area contributed by atoms with Crippen LogP contribution in [0.4, 0.5) is 5.69 Å². The van der Waals surface area contributed by atoms with E-state index in [1.54, 1.807) is 0 Å². The lowest BCUT2D eigenvalue weighted by Gasteiger charge is -2.50. The fraction of sp³-hybridized carbons (Fsp3) is 0.138. The Bertz CT molecular complexity index is 1440. The van der Waals surface area contributed by atoms with Gasteiger partial charge < -0.3 is 0 Å². The van der Waals surface area contributed by atoms with Gasteiger partial charge in [0.25, 0.3) is 0 Å². The summed E-state index contributed by atoms with van der Waals surface area (Å²) in [6, 6.07) is 35.3. The lowest BCUT2D eigenvalue weighted by molar-refractivity contribution is 0.150. The van der Waals surface area contributed by atoms with Gasteiger partial charge >= 0.3 is 0 Å². The van der Waals surface area contributed by atoms with Gasteiger partial charge in [0.15, 0.2) is 5.54 Å². The number of fused-ring (bicyclic) bond motifs is 7. The maximum Gasteiger partial charge on any atom is 0.215 e. The van der Waals surface area contributed by atoms with E-state index >= 15 is 0 Å². The van der Waals surface area contributed by atoms with Crippen molar-refractivity contribution in [2.75, 3.05) is 7.05 Å². The van der Waals surface area contributed by atoms with E-state index < -0.39 is 0 Å². The zero-order chi connectivity index (χ0) is 21.5. The van der Waals surface area contributed by atoms with E-state index in [2.05, 4.69) is 111 Å². The molecule has 2 nitrogen and oxygen atoms in total. The van der Waals surface area contributed by atoms with Crippen LogP contribution in [0.5, 0.6) is 0 Å². The lowest BCUT2D eigenvalue weighted by atomic mass is 9.81. The standard InChI is InChI=1S/C29H23N2S/c1-29-22-15-7-9-17-24(22)32-25-18-10-14-21(26(25)29)28-30-27(19-11-4-3-5-12-19)20-13-6-8-16-23(20)31(28,29)2/h3-18,28H,1-2H3/q+1. The highest BCUT2D eigenvalue weighted by molar-refractivity contribution is 7.99. The van der Waals surface area contributed by atoms with Crippen LogP contribution in [-0.2, 0) is 5.54 Å². The normalized spacial score (nSPS) is 26.4. The zero-order valence-electron chi connectivity index (χ0n) is 18.1. The highest BCUT2D eigenvalue weighted by Gasteiger charge is 2.65. The molecular weight excluding hydrogens is 408 g/mol. The van der Waals surface area contributed by atoms with E-state index in [0.717, 1.165) is 10.2 Å². The van der Waals surface area contributed by atoms with Gasteiger partial charge in [-0.2, -0.15) is 0 Å². The monoisotopic (exact) mass is 431 g/mol. The molecule has 32 heavy (non-hydrogen) atoms. The summed E-state index contributed by atoms with van der Waals surface area (Å²) in [5, 5.41) is 0. The first-order valence-electron chi connectivity index (χ1n) is 11.1. The van der Waals surface area contributed by atoms with Crippen molar-refractivity contribution < 1.29 is 0 Å². The molecule has 3 heterocycles. The number of hydrogen-bond acceptors (Lipinski definition) is 2. The first kappa shape index (κ1) is 18.4. The SMILES string of the molecule is CC12c3ccccc3Sc3cccc(c31)C1N=C(c3ccccc3)c3ccccc3[N+]12C. The second-order valence-corrected chi connectivity index (χ2v) is 10.3. The van der Waals surface area contributed by atoms with E-state index in [0.29, 0.717) is 0 Å². The highest BCUT2D eigenvalue weighted by Crippen LogP contribution is 2.65. The average Bonchev–Trinajstić information content (AvgIpc) is 3.05. The average molecular weight is 432 g/mol. The van der Waals surface area contributed by atoms with Gasteiger partial charge in [0.2, 0.25) is 6.17 Å². The number of quaternary nitrogens is 1. The van der Waals surface area contributed by atoms with Crippen LogP contribution in [0.1, 0.15) is 40.9 Å². The predicted octanol–water partition coefficient (Wildman–Crippen LogP) is 6.92. The fourth-order valence-corrected chi connectivity index (χ4v) is 7.57. The first-order valence-corrected chi connectivity index (χ1v) is 12.0. The summed E-state index contributed by atoms with van der Waals surface area (Å²) in [7, 11) is 2.39. The summed E-state index contributed by atoms with van der Waals surface area (Å²) in [5.41, 5.74) is 8.87. The van der Waals surface area contributed by atoms with Gasteiger partial charge in [0.05, 0.1) is 18.3 Å². The molecule has 0 aliphatic carbocycles. The molecule has 0 spiro atoms. The minimum absolute atomic E-state index is 0.0202. The van der Waals surface area contributed by atoms with Crippen LogP contribution < -0.4 is 4.48 Å². The van der Waals surface area contributed by atoms with Gasteiger partial charge in [-0.25, -0.2) is 4.99 Å². The Morgan fingerprint density at radius 1 is 0.781 bits per heavy atom. The Morgan fingerprint density at radius 2 is 1.50 bits per heavy atom. The Morgan fingerprint density at radius 3 is 2.38 bits per heavy atom. The van der Waals surface area contributed by atoms with E-state index in [1.165, 1.54) is 43.3 Å². The molecule has 0 amide bonds. The van der Waals surface area contributed by atoms with E-state index in [9.17, 15) is 0 Å². The Kier molecular flexibility index (Phi) is 3.58. The second kappa shape index (κ2) is 6.22. The highest BCUT2D eigenvalue weighted by atomic mass is 32.2.